The van der Waals surface area contributed by atoms with Gasteiger partial charge in [0, 0.05) is 31.1 Å². The topological polar surface area (TPSA) is 67.9 Å². The Morgan fingerprint density at radius 3 is 2.80 bits per heavy atom. The van der Waals surface area contributed by atoms with Crippen molar-refractivity contribution >= 4 is 11.7 Å². The van der Waals surface area contributed by atoms with Crippen LogP contribution < -0.4 is 14.8 Å². The lowest BCUT2D eigenvalue weighted by molar-refractivity contribution is -0.132. The zero-order valence-electron chi connectivity index (χ0n) is 15.3. The minimum Gasteiger partial charge on any atom is -0.493 e. The van der Waals surface area contributed by atoms with Crippen LogP contribution in [0, 0.1) is 0 Å². The average molecular weight is 348 g/mol. The van der Waals surface area contributed by atoms with Gasteiger partial charge in [0.05, 0.1) is 13.7 Å². The Balaban J connectivity index is 1.79. The molecule has 1 saturated heterocycles. The van der Waals surface area contributed by atoms with Crippen LogP contribution in [-0.2, 0) is 4.79 Å². The van der Waals surface area contributed by atoms with Crippen LogP contribution in [0.4, 0.5) is 0 Å². The molecule has 6 heteroatoms. The second-order valence-electron chi connectivity index (χ2n) is 6.34. The van der Waals surface area contributed by atoms with Crippen molar-refractivity contribution in [2.45, 2.75) is 38.6 Å². The first-order chi connectivity index (χ1) is 12.0. The molecule has 0 bridgehead atoms. The van der Waals surface area contributed by atoms with Crippen LogP contribution in [0.25, 0.3) is 0 Å². The van der Waals surface area contributed by atoms with E-state index in [1.807, 2.05) is 11.9 Å². The van der Waals surface area contributed by atoms with Crippen molar-refractivity contribution in [2.75, 3.05) is 33.9 Å². The molecule has 1 atom stereocenters. The number of carbonyl (C=O) groups is 2. The smallest absolute Gasteiger partial charge is 0.222 e. The van der Waals surface area contributed by atoms with Crippen LogP contribution >= 0.6 is 0 Å². The zero-order valence-corrected chi connectivity index (χ0v) is 15.3. The Kier molecular flexibility index (Phi) is 7.25. The molecule has 1 amide bonds. The van der Waals surface area contributed by atoms with Gasteiger partial charge in [-0.05, 0) is 51.4 Å². The van der Waals surface area contributed by atoms with Gasteiger partial charge in [-0.2, -0.15) is 0 Å². The van der Waals surface area contributed by atoms with E-state index < -0.39 is 0 Å². The number of hydrogen-bond acceptors (Lipinski definition) is 5. The number of piperidine rings is 1. The predicted octanol–water partition coefficient (Wildman–Crippen LogP) is 2.27. The molecule has 1 fully saturated rings. The molecular weight excluding hydrogens is 320 g/mol. The number of hydrogen-bond donors (Lipinski definition) is 1. The number of amides is 1. The van der Waals surface area contributed by atoms with Crippen molar-refractivity contribution < 1.29 is 19.1 Å². The summed E-state index contributed by atoms with van der Waals surface area (Å²) in [5.74, 6) is 1.29. The SMILES string of the molecule is CNC1CCCN(C(=O)CCCOc2ccc(C(C)=O)cc2OC)C1. The third kappa shape index (κ3) is 5.46. The highest BCUT2D eigenvalue weighted by Gasteiger charge is 2.22. The number of benzene rings is 1. The van der Waals surface area contributed by atoms with E-state index in [1.54, 1.807) is 25.3 Å². The molecule has 1 heterocycles. The molecule has 1 aliphatic heterocycles. The lowest BCUT2D eigenvalue weighted by atomic mass is 10.1. The molecule has 0 radical (unpaired) electrons. The summed E-state index contributed by atoms with van der Waals surface area (Å²) in [6.07, 6.45) is 3.30. The highest BCUT2D eigenvalue weighted by molar-refractivity contribution is 5.94. The molecule has 0 aliphatic carbocycles. The normalized spacial score (nSPS) is 17.2. The first-order valence-electron chi connectivity index (χ1n) is 8.82. The molecule has 1 aliphatic rings. The van der Waals surface area contributed by atoms with Crippen molar-refractivity contribution in [2.24, 2.45) is 0 Å². The molecule has 1 unspecified atom stereocenters. The molecule has 1 aromatic rings. The Hall–Kier alpha value is -2.08. The van der Waals surface area contributed by atoms with Crippen molar-refractivity contribution in [1.82, 2.24) is 10.2 Å². The number of nitrogens with zero attached hydrogens (tertiary/aromatic N) is 1. The number of ether oxygens (including phenoxy) is 2. The van der Waals surface area contributed by atoms with Crippen molar-refractivity contribution in [1.29, 1.82) is 0 Å². The van der Waals surface area contributed by atoms with E-state index >= 15 is 0 Å². The maximum Gasteiger partial charge on any atom is 0.222 e. The number of rotatable bonds is 8. The summed E-state index contributed by atoms with van der Waals surface area (Å²) in [5.41, 5.74) is 0.587. The molecule has 1 aromatic carbocycles. The Labute approximate surface area is 149 Å². The lowest BCUT2D eigenvalue weighted by Gasteiger charge is -2.32. The summed E-state index contributed by atoms with van der Waals surface area (Å²) < 4.78 is 11.0. The van der Waals surface area contributed by atoms with Crippen LogP contribution in [0.1, 0.15) is 43.0 Å². The lowest BCUT2D eigenvalue weighted by Crippen LogP contribution is -2.46. The van der Waals surface area contributed by atoms with Gasteiger partial charge in [0.15, 0.2) is 17.3 Å². The molecule has 25 heavy (non-hydrogen) atoms. The summed E-state index contributed by atoms with van der Waals surface area (Å²) in [5, 5.41) is 3.25. The van der Waals surface area contributed by atoms with E-state index in [9.17, 15) is 9.59 Å². The summed E-state index contributed by atoms with van der Waals surface area (Å²) in [6.45, 7) is 3.58. The molecule has 1 N–H and O–H groups in total. The van der Waals surface area contributed by atoms with Gasteiger partial charge >= 0.3 is 0 Å². The molecule has 2 rings (SSSR count). The summed E-state index contributed by atoms with van der Waals surface area (Å²) >= 11 is 0. The second-order valence-corrected chi connectivity index (χ2v) is 6.34. The van der Waals surface area contributed by atoms with E-state index in [-0.39, 0.29) is 11.7 Å². The minimum atomic E-state index is -0.0168. The maximum absolute atomic E-state index is 12.3. The highest BCUT2D eigenvalue weighted by Crippen LogP contribution is 2.28. The molecule has 0 aromatic heterocycles. The van der Waals surface area contributed by atoms with Gasteiger partial charge in [0.1, 0.15) is 0 Å². The molecule has 6 nitrogen and oxygen atoms in total. The number of ketones is 1. The first-order valence-corrected chi connectivity index (χ1v) is 8.82. The van der Waals surface area contributed by atoms with Gasteiger partial charge in [-0.15, -0.1) is 0 Å². The molecule has 138 valence electrons. The van der Waals surface area contributed by atoms with Gasteiger partial charge in [0.2, 0.25) is 5.91 Å². The van der Waals surface area contributed by atoms with E-state index in [0.29, 0.717) is 42.6 Å². The molecular formula is C19H28N2O4. The second kappa shape index (κ2) is 9.42. The molecule has 0 spiro atoms. The predicted molar refractivity (Wildman–Crippen MR) is 96.4 cm³/mol. The van der Waals surface area contributed by atoms with E-state index in [1.165, 1.54) is 6.92 Å². The van der Waals surface area contributed by atoms with Crippen LogP contribution in [0.5, 0.6) is 11.5 Å². The third-order valence-corrected chi connectivity index (χ3v) is 4.55. The van der Waals surface area contributed by atoms with Gasteiger partial charge in [0.25, 0.3) is 0 Å². The van der Waals surface area contributed by atoms with Crippen molar-refractivity contribution in [3.05, 3.63) is 23.8 Å². The minimum absolute atomic E-state index is 0.0168. The van der Waals surface area contributed by atoms with E-state index in [2.05, 4.69) is 5.32 Å². The number of carbonyl (C=O) groups excluding carboxylic acids is 2. The Morgan fingerprint density at radius 2 is 2.12 bits per heavy atom. The van der Waals surface area contributed by atoms with Gasteiger partial charge in [-0.1, -0.05) is 0 Å². The Bertz CT molecular complexity index is 603. The fraction of sp³-hybridized carbons (Fsp3) is 0.579. The molecule has 0 saturated carbocycles. The van der Waals surface area contributed by atoms with Crippen LogP contribution in [0.3, 0.4) is 0 Å². The van der Waals surface area contributed by atoms with Crippen molar-refractivity contribution in [3.63, 3.8) is 0 Å². The fourth-order valence-corrected chi connectivity index (χ4v) is 3.01. The summed E-state index contributed by atoms with van der Waals surface area (Å²) in [7, 11) is 3.49. The van der Waals surface area contributed by atoms with Crippen LogP contribution in [0.15, 0.2) is 18.2 Å². The number of Topliss-reactive ketones (excluding diaryl/α,β-unsaturated/α-hetero) is 1. The highest BCUT2D eigenvalue weighted by atomic mass is 16.5. The van der Waals surface area contributed by atoms with Gasteiger partial charge < -0.3 is 19.7 Å². The fourth-order valence-electron chi connectivity index (χ4n) is 3.01. The largest absolute Gasteiger partial charge is 0.493 e. The van der Waals surface area contributed by atoms with Crippen LogP contribution in [-0.4, -0.2) is 56.5 Å². The standard InChI is InChI=1S/C19H28N2O4/c1-14(22)15-8-9-17(18(12-15)24-3)25-11-5-7-19(23)21-10-4-6-16(13-21)20-2/h8-9,12,16,20H,4-7,10-11,13H2,1-3H3. The van der Waals surface area contributed by atoms with Gasteiger partial charge in [-0.3, -0.25) is 9.59 Å². The summed E-state index contributed by atoms with van der Waals surface area (Å²) in [4.78, 5) is 25.6. The van der Waals surface area contributed by atoms with E-state index in [4.69, 9.17) is 9.47 Å². The summed E-state index contributed by atoms with van der Waals surface area (Å²) in [6, 6.07) is 5.53. The number of methoxy groups -OCH3 is 1. The van der Waals surface area contributed by atoms with Crippen LogP contribution in [0.2, 0.25) is 0 Å². The zero-order chi connectivity index (χ0) is 18.2. The number of likely N-dealkylation sites (N-methyl/N-ethyl adjacent to an activating group) is 1. The maximum atomic E-state index is 12.3. The third-order valence-electron chi connectivity index (χ3n) is 4.55. The number of likely N-dealkylation sites (tertiary alicyclic amines) is 1. The number of nitrogens with one attached hydrogen (secondary N) is 1. The van der Waals surface area contributed by atoms with Gasteiger partial charge in [-0.25, -0.2) is 0 Å². The average Bonchev–Trinajstić information content (AvgIpc) is 2.64. The quantitative estimate of drug-likeness (QED) is 0.577. The monoisotopic (exact) mass is 348 g/mol. The van der Waals surface area contributed by atoms with Crippen molar-refractivity contribution in [3.8, 4) is 11.5 Å². The first kappa shape index (κ1) is 19.2. The Morgan fingerprint density at radius 1 is 1.32 bits per heavy atom. The van der Waals surface area contributed by atoms with E-state index in [0.717, 1.165) is 25.9 Å².